The molecule has 0 atom stereocenters. The van der Waals surface area contributed by atoms with Crippen LogP contribution in [0.5, 0.6) is 0 Å². The summed E-state index contributed by atoms with van der Waals surface area (Å²) in [6.07, 6.45) is -4.27. The van der Waals surface area contributed by atoms with Gasteiger partial charge in [0.05, 0.1) is 5.56 Å². The fourth-order valence-electron chi connectivity index (χ4n) is 4.47. The highest BCUT2D eigenvalue weighted by atomic mass is 19.4. The summed E-state index contributed by atoms with van der Waals surface area (Å²) in [7, 11) is 1.54. The van der Waals surface area contributed by atoms with Crippen LogP contribution in [0.1, 0.15) is 28.7 Å². The number of rotatable bonds is 8. The number of halogens is 8. The summed E-state index contributed by atoms with van der Waals surface area (Å²) in [5, 5.41) is 0.534. The van der Waals surface area contributed by atoms with Gasteiger partial charge in [0, 0.05) is 19.1 Å². The number of benzene rings is 4. The number of methoxy groups -OCH3 is 1. The lowest BCUT2D eigenvalue weighted by Gasteiger charge is -2.12. The molecule has 0 bridgehead atoms. The summed E-state index contributed by atoms with van der Waals surface area (Å²) < 4.78 is 116. The normalized spacial score (nSPS) is 11.9. The molecule has 0 aliphatic heterocycles. The largest absolute Gasteiger partial charge is 0.422 e. The molecule has 0 saturated heterocycles. The summed E-state index contributed by atoms with van der Waals surface area (Å²) in [5.74, 6) is -5.60. The Kier molecular flexibility index (Phi) is 8.06. The van der Waals surface area contributed by atoms with Gasteiger partial charge in [0.15, 0.2) is 0 Å². The third kappa shape index (κ3) is 5.83. The second kappa shape index (κ2) is 11.1. The van der Waals surface area contributed by atoms with E-state index in [4.69, 9.17) is 4.74 Å². The zero-order valence-corrected chi connectivity index (χ0v) is 20.2. The molecule has 0 saturated carbocycles. The van der Waals surface area contributed by atoms with Crippen LogP contribution in [-0.2, 0) is 30.2 Å². The van der Waals surface area contributed by atoms with Crippen LogP contribution < -0.4 is 0 Å². The minimum atomic E-state index is -5.17. The predicted octanol–water partition coefficient (Wildman–Crippen LogP) is 8.59. The summed E-state index contributed by atoms with van der Waals surface area (Å²) >= 11 is 0. The van der Waals surface area contributed by atoms with Gasteiger partial charge in [-0.25, -0.2) is 22.0 Å². The molecule has 4 aromatic carbocycles. The Bertz CT molecular complexity index is 1430. The molecule has 0 aliphatic rings. The van der Waals surface area contributed by atoms with E-state index in [1.807, 2.05) is 0 Å². The summed E-state index contributed by atoms with van der Waals surface area (Å²) in [6, 6.07) is 10.9. The van der Waals surface area contributed by atoms with Crippen LogP contribution in [0.15, 0.2) is 54.6 Å². The van der Waals surface area contributed by atoms with Gasteiger partial charge in [-0.15, -0.1) is 0 Å². The molecule has 200 valence electrons. The monoisotopic (exact) mass is 538 g/mol. The van der Waals surface area contributed by atoms with Crippen LogP contribution in [0.25, 0.3) is 21.9 Å². The van der Waals surface area contributed by atoms with E-state index < -0.39 is 40.8 Å². The lowest BCUT2D eigenvalue weighted by Crippen LogP contribution is -2.12. The molecule has 0 unspecified atom stereocenters. The minimum Gasteiger partial charge on any atom is -0.385 e. The van der Waals surface area contributed by atoms with Crippen molar-refractivity contribution in [3.8, 4) is 11.1 Å². The first-order valence-corrected chi connectivity index (χ1v) is 11.7. The van der Waals surface area contributed by atoms with Gasteiger partial charge in [-0.3, -0.25) is 0 Å². The fourth-order valence-corrected chi connectivity index (χ4v) is 4.47. The van der Waals surface area contributed by atoms with E-state index in [9.17, 15) is 30.7 Å². The number of alkyl halides is 3. The molecule has 0 spiro atoms. The average molecular weight is 538 g/mol. The highest BCUT2D eigenvalue weighted by Crippen LogP contribution is 2.35. The third-order valence-electron chi connectivity index (χ3n) is 6.31. The summed E-state index contributed by atoms with van der Waals surface area (Å²) in [6.45, 7) is 0.460. The van der Waals surface area contributed by atoms with Crippen LogP contribution in [-0.4, -0.2) is 13.7 Å². The summed E-state index contributed by atoms with van der Waals surface area (Å²) in [4.78, 5) is 0. The van der Waals surface area contributed by atoms with E-state index in [2.05, 4.69) is 0 Å². The van der Waals surface area contributed by atoms with Crippen molar-refractivity contribution >= 4 is 10.8 Å². The molecule has 38 heavy (non-hydrogen) atoms. The first-order valence-electron chi connectivity index (χ1n) is 11.7. The van der Waals surface area contributed by atoms with Crippen molar-refractivity contribution in [1.29, 1.82) is 0 Å². The van der Waals surface area contributed by atoms with E-state index in [0.717, 1.165) is 0 Å². The minimum absolute atomic E-state index is 0.0401. The van der Waals surface area contributed by atoms with Crippen molar-refractivity contribution in [2.75, 3.05) is 13.7 Å². The Labute approximate surface area is 213 Å². The molecule has 0 amide bonds. The lowest BCUT2D eigenvalue weighted by molar-refractivity contribution is -0.142. The van der Waals surface area contributed by atoms with Crippen molar-refractivity contribution in [1.82, 2.24) is 0 Å². The molecular weight excluding hydrogens is 516 g/mol. The third-order valence-corrected chi connectivity index (χ3v) is 6.31. The van der Waals surface area contributed by atoms with Crippen molar-refractivity contribution in [3.05, 3.63) is 106 Å². The lowest BCUT2D eigenvalue weighted by atomic mass is 9.95. The van der Waals surface area contributed by atoms with Crippen LogP contribution >= 0.6 is 0 Å². The van der Waals surface area contributed by atoms with Gasteiger partial charge in [-0.05, 0) is 83.7 Å². The Hall–Kier alpha value is -3.46. The molecule has 0 fully saturated rings. The number of fused-ring (bicyclic) bond motifs is 1. The zero-order chi connectivity index (χ0) is 27.6. The van der Waals surface area contributed by atoms with Gasteiger partial charge < -0.3 is 4.74 Å². The second-order valence-corrected chi connectivity index (χ2v) is 8.94. The molecular formula is C29H22F8O. The fraction of sp³-hybridized carbons (Fsp3) is 0.241. The topological polar surface area (TPSA) is 9.23 Å². The molecule has 4 rings (SSSR count). The Morgan fingerprint density at radius 3 is 1.89 bits per heavy atom. The van der Waals surface area contributed by atoms with Gasteiger partial charge in [0.25, 0.3) is 0 Å². The molecule has 0 radical (unpaired) electrons. The van der Waals surface area contributed by atoms with Gasteiger partial charge >= 0.3 is 6.18 Å². The molecule has 0 N–H and O–H groups in total. The maximum absolute atomic E-state index is 15.2. The molecule has 9 heteroatoms. The average Bonchev–Trinajstić information content (AvgIpc) is 2.82. The maximum atomic E-state index is 15.2. The van der Waals surface area contributed by atoms with Crippen molar-refractivity contribution < 1.29 is 39.9 Å². The highest BCUT2D eigenvalue weighted by molar-refractivity contribution is 5.88. The number of hydrogen-bond acceptors (Lipinski definition) is 1. The SMILES string of the molecule is COCCCc1cc(F)c(-c2ccc3c(F)c(CCc4cc(F)c(C(F)(F)F)c(F)c4)ccc3c2)c(F)c1. The standard InChI is InChI=1S/C29H22F8O/c1-38-10-2-3-16-11-22(30)26(23(31)12-16)20-8-9-21-19(15-20)7-6-18(28(21)34)5-4-17-13-24(32)27(25(33)14-17)29(35,36)37/h6-9,11-15H,2-5,10H2,1H3. The Balaban J connectivity index is 1.57. The molecule has 4 aromatic rings. The van der Waals surface area contributed by atoms with Crippen molar-refractivity contribution in [2.24, 2.45) is 0 Å². The molecule has 0 aliphatic carbocycles. The number of aryl methyl sites for hydroxylation is 3. The van der Waals surface area contributed by atoms with E-state index >= 15 is 4.39 Å². The smallest absolute Gasteiger partial charge is 0.385 e. The van der Waals surface area contributed by atoms with Crippen LogP contribution in [0.3, 0.4) is 0 Å². The van der Waals surface area contributed by atoms with Gasteiger partial charge in [-0.1, -0.05) is 24.3 Å². The van der Waals surface area contributed by atoms with E-state index in [1.165, 1.54) is 43.5 Å². The Morgan fingerprint density at radius 2 is 1.29 bits per heavy atom. The van der Waals surface area contributed by atoms with Crippen LogP contribution in [0, 0.1) is 29.1 Å². The van der Waals surface area contributed by atoms with E-state index in [0.29, 0.717) is 42.5 Å². The van der Waals surface area contributed by atoms with Gasteiger partial charge in [0.2, 0.25) is 0 Å². The van der Waals surface area contributed by atoms with Crippen LogP contribution in [0.2, 0.25) is 0 Å². The predicted molar refractivity (Wildman–Crippen MR) is 128 cm³/mol. The number of hydrogen-bond donors (Lipinski definition) is 0. The first-order chi connectivity index (χ1) is 18.0. The van der Waals surface area contributed by atoms with Crippen molar-refractivity contribution in [3.63, 3.8) is 0 Å². The zero-order valence-electron chi connectivity index (χ0n) is 20.2. The second-order valence-electron chi connectivity index (χ2n) is 8.94. The maximum Gasteiger partial charge on any atom is 0.422 e. The summed E-state index contributed by atoms with van der Waals surface area (Å²) in [5.41, 5.74) is -1.38. The van der Waals surface area contributed by atoms with Crippen molar-refractivity contribution in [2.45, 2.75) is 31.9 Å². The van der Waals surface area contributed by atoms with E-state index in [-0.39, 0.29) is 40.5 Å². The molecule has 0 aromatic heterocycles. The first kappa shape index (κ1) is 27.6. The van der Waals surface area contributed by atoms with Crippen LogP contribution in [0.4, 0.5) is 35.1 Å². The quantitative estimate of drug-likeness (QED) is 0.161. The van der Waals surface area contributed by atoms with Gasteiger partial charge in [-0.2, -0.15) is 13.2 Å². The molecule has 1 nitrogen and oxygen atoms in total. The Morgan fingerprint density at radius 1 is 0.684 bits per heavy atom. The highest BCUT2D eigenvalue weighted by Gasteiger charge is 2.37. The van der Waals surface area contributed by atoms with Gasteiger partial charge in [0.1, 0.15) is 34.6 Å². The molecule has 0 heterocycles. The van der Waals surface area contributed by atoms with E-state index in [1.54, 1.807) is 6.07 Å². The number of ether oxygens (including phenoxy) is 1.